The first-order chi connectivity index (χ1) is 8.97. The molecule has 1 amide bonds. The fraction of sp³-hybridized carbons (Fsp3) is 0.333. The summed E-state index contributed by atoms with van der Waals surface area (Å²) < 4.78 is 4.89. The van der Waals surface area contributed by atoms with Gasteiger partial charge < -0.3 is 9.84 Å². The van der Waals surface area contributed by atoms with Crippen LogP contribution >= 0.6 is 0 Å². The molecule has 0 atom stereocenters. The molecule has 0 aliphatic carbocycles. The summed E-state index contributed by atoms with van der Waals surface area (Å²) in [5, 5.41) is 6.57. The first-order valence-electron chi connectivity index (χ1n) is 6.25. The van der Waals surface area contributed by atoms with E-state index in [0.717, 1.165) is 5.56 Å². The minimum absolute atomic E-state index is 0.212. The number of amides is 1. The Bertz CT molecular complexity index is 591. The van der Waals surface area contributed by atoms with Gasteiger partial charge >= 0.3 is 0 Å². The Morgan fingerprint density at radius 1 is 1.16 bits per heavy atom. The number of carbonyl (C=O) groups is 1. The molecule has 0 fully saturated rings. The van der Waals surface area contributed by atoms with E-state index in [1.807, 2.05) is 0 Å². The molecule has 0 bridgehead atoms. The Kier molecular flexibility index (Phi) is 3.69. The van der Waals surface area contributed by atoms with Gasteiger partial charge in [0.2, 0.25) is 0 Å². The fourth-order valence-corrected chi connectivity index (χ4v) is 2.22. The maximum Gasteiger partial charge on any atom is 0.273 e. The highest BCUT2D eigenvalue weighted by Crippen LogP contribution is 2.16. The molecule has 0 spiro atoms. The van der Waals surface area contributed by atoms with Gasteiger partial charge in [0.25, 0.3) is 5.91 Å². The lowest BCUT2D eigenvalue weighted by Crippen LogP contribution is -2.24. The van der Waals surface area contributed by atoms with Crippen LogP contribution in [0.5, 0.6) is 0 Å². The van der Waals surface area contributed by atoms with Gasteiger partial charge in [0.05, 0.1) is 0 Å². The van der Waals surface area contributed by atoms with Gasteiger partial charge in [-0.05, 0) is 44.4 Å². The van der Waals surface area contributed by atoms with Crippen molar-refractivity contribution in [3.63, 3.8) is 0 Å². The van der Waals surface area contributed by atoms with Crippen molar-refractivity contribution >= 4 is 5.91 Å². The van der Waals surface area contributed by atoms with Crippen LogP contribution in [0.15, 0.2) is 22.7 Å². The van der Waals surface area contributed by atoms with Gasteiger partial charge in [-0.25, -0.2) is 0 Å². The van der Waals surface area contributed by atoms with Crippen LogP contribution in [0.4, 0.5) is 0 Å². The van der Waals surface area contributed by atoms with Crippen molar-refractivity contribution in [2.45, 2.75) is 34.2 Å². The molecule has 0 radical (unpaired) electrons. The molecular formula is C15H18N2O2. The van der Waals surface area contributed by atoms with E-state index in [1.165, 1.54) is 16.7 Å². The Morgan fingerprint density at radius 3 is 2.32 bits per heavy atom. The number of nitrogens with one attached hydrogen (secondary N) is 1. The first-order valence-corrected chi connectivity index (χ1v) is 6.25. The maximum atomic E-state index is 11.9. The molecule has 0 aliphatic rings. The number of nitrogens with zero attached hydrogens (tertiary/aromatic N) is 1. The second-order valence-electron chi connectivity index (χ2n) is 4.88. The van der Waals surface area contributed by atoms with Gasteiger partial charge in [-0.2, -0.15) is 0 Å². The number of aromatic nitrogens is 1. The Balaban J connectivity index is 2.09. The van der Waals surface area contributed by atoms with Crippen LogP contribution in [0, 0.1) is 27.7 Å². The lowest BCUT2D eigenvalue weighted by molar-refractivity contribution is 0.0941. The molecule has 1 N–H and O–H groups in total. The standard InChI is InChI=1S/C15H18N2O2/c1-9-5-10(2)13(11(3)6-9)8-16-15(18)14-7-12(4)19-17-14/h5-7H,8H2,1-4H3,(H,16,18). The molecule has 1 aromatic carbocycles. The number of hydrogen-bond acceptors (Lipinski definition) is 3. The summed E-state index contributed by atoms with van der Waals surface area (Å²) in [5.74, 6) is 0.420. The third-order valence-electron chi connectivity index (χ3n) is 3.13. The maximum absolute atomic E-state index is 11.9. The molecule has 1 aromatic heterocycles. The highest BCUT2D eigenvalue weighted by Gasteiger charge is 2.11. The molecule has 100 valence electrons. The third-order valence-corrected chi connectivity index (χ3v) is 3.13. The molecule has 1 heterocycles. The Morgan fingerprint density at radius 2 is 1.79 bits per heavy atom. The zero-order valence-electron chi connectivity index (χ0n) is 11.7. The molecule has 0 unspecified atom stereocenters. The molecule has 2 rings (SSSR count). The van der Waals surface area contributed by atoms with Crippen LogP contribution in [0.2, 0.25) is 0 Å². The highest BCUT2D eigenvalue weighted by molar-refractivity contribution is 5.92. The molecule has 19 heavy (non-hydrogen) atoms. The average Bonchev–Trinajstić information content (AvgIpc) is 2.74. The summed E-state index contributed by atoms with van der Waals surface area (Å²) in [6.45, 7) is 8.45. The zero-order valence-corrected chi connectivity index (χ0v) is 11.7. The van der Waals surface area contributed by atoms with Crippen LogP contribution in [0.25, 0.3) is 0 Å². The first kappa shape index (κ1) is 13.3. The number of hydrogen-bond donors (Lipinski definition) is 1. The lowest BCUT2D eigenvalue weighted by Gasteiger charge is -2.11. The summed E-state index contributed by atoms with van der Waals surface area (Å²) >= 11 is 0. The van der Waals surface area contributed by atoms with Gasteiger partial charge in [-0.3, -0.25) is 4.79 Å². The van der Waals surface area contributed by atoms with Crippen LogP contribution in [-0.4, -0.2) is 11.1 Å². The molecular weight excluding hydrogens is 240 g/mol. The highest BCUT2D eigenvalue weighted by atomic mass is 16.5. The zero-order chi connectivity index (χ0) is 14.0. The topological polar surface area (TPSA) is 55.1 Å². The van der Waals surface area contributed by atoms with Gasteiger partial charge in [-0.1, -0.05) is 22.9 Å². The van der Waals surface area contributed by atoms with E-state index in [0.29, 0.717) is 18.0 Å². The minimum atomic E-state index is -0.212. The quantitative estimate of drug-likeness (QED) is 0.921. The van der Waals surface area contributed by atoms with Crippen molar-refractivity contribution < 1.29 is 9.32 Å². The van der Waals surface area contributed by atoms with E-state index in [4.69, 9.17) is 4.52 Å². The van der Waals surface area contributed by atoms with Crippen LogP contribution < -0.4 is 5.32 Å². The summed E-state index contributed by atoms with van der Waals surface area (Å²) in [6.07, 6.45) is 0. The van der Waals surface area contributed by atoms with Crippen molar-refractivity contribution in [3.8, 4) is 0 Å². The monoisotopic (exact) mass is 258 g/mol. The second-order valence-corrected chi connectivity index (χ2v) is 4.88. The molecule has 0 saturated heterocycles. The van der Waals surface area contributed by atoms with E-state index in [2.05, 4.69) is 43.4 Å². The van der Waals surface area contributed by atoms with E-state index >= 15 is 0 Å². The van der Waals surface area contributed by atoms with E-state index in [9.17, 15) is 4.79 Å². The van der Waals surface area contributed by atoms with Gasteiger partial charge in [0.1, 0.15) is 5.76 Å². The molecule has 2 aromatic rings. The predicted molar refractivity (Wildman–Crippen MR) is 73.1 cm³/mol. The Labute approximate surface area is 112 Å². The van der Waals surface area contributed by atoms with Crippen LogP contribution in [0.1, 0.15) is 38.5 Å². The Hall–Kier alpha value is -2.10. The van der Waals surface area contributed by atoms with Crippen molar-refractivity contribution in [1.29, 1.82) is 0 Å². The SMILES string of the molecule is Cc1cc(C)c(CNC(=O)c2cc(C)on2)c(C)c1. The average molecular weight is 258 g/mol. The van der Waals surface area contributed by atoms with Gasteiger partial charge in [0.15, 0.2) is 5.69 Å². The fourth-order valence-electron chi connectivity index (χ4n) is 2.22. The second kappa shape index (κ2) is 5.26. The number of carbonyl (C=O) groups excluding carboxylic acids is 1. The summed E-state index contributed by atoms with van der Waals surface area (Å²) in [6, 6.07) is 5.87. The van der Waals surface area contributed by atoms with Crippen molar-refractivity contribution in [1.82, 2.24) is 10.5 Å². The van der Waals surface area contributed by atoms with E-state index < -0.39 is 0 Å². The largest absolute Gasteiger partial charge is 0.361 e. The number of rotatable bonds is 3. The van der Waals surface area contributed by atoms with E-state index in [-0.39, 0.29) is 5.91 Å². The lowest BCUT2D eigenvalue weighted by atomic mass is 10.00. The normalized spacial score (nSPS) is 10.5. The molecule has 4 heteroatoms. The molecule has 0 aliphatic heterocycles. The van der Waals surface area contributed by atoms with Crippen LogP contribution in [0.3, 0.4) is 0 Å². The third kappa shape index (κ3) is 3.02. The van der Waals surface area contributed by atoms with Crippen molar-refractivity contribution in [2.75, 3.05) is 0 Å². The van der Waals surface area contributed by atoms with E-state index in [1.54, 1.807) is 13.0 Å². The van der Waals surface area contributed by atoms with Crippen molar-refractivity contribution in [3.05, 3.63) is 51.9 Å². The molecule has 4 nitrogen and oxygen atoms in total. The minimum Gasteiger partial charge on any atom is -0.361 e. The van der Waals surface area contributed by atoms with Crippen LogP contribution in [-0.2, 0) is 6.54 Å². The number of benzene rings is 1. The van der Waals surface area contributed by atoms with Gasteiger partial charge in [-0.15, -0.1) is 0 Å². The van der Waals surface area contributed by atoms with Gasteiger partial charge in [0, 0.05) is 12.6 Å². The van der Waals surface area contributed by atoms with Crippen molar-refractivity contribution in [2.24, 2.45) is 0 Å². The smallest absolute Gasteiger partial charge is 0.273 e. The summed E-state index contributed by atoms with van der Waals surface area (Å²) in [7, 11) is 0. The number of aryl methyl sites for hydroxylation is 4. The molecule has 0 saturated carbocycles. The summed E-state index contributed by atoms with van der Waals surface area (Å²) in [4.78, 5) is 11.9. The predicted octanol–water partition coefficient (Wildman–Crippen LogP) is 2.84. The summed E-state index contributed by atoms with van der Waals surface area (Å²) in [5.41, 5.74) is 5.08.